The molecule has 0 saturated heterocycles. The Morgan fingerprint density at radius 1 is 1.27 bits per heavy atom. The number of carbonyl (C=O) groups is 1. The van der Waals surface area contributed by atoms with Gasteiger partial charge < -0.3 is 20.7 Å². The minimum absolute atomic E-state index is 0.254. The van der Waals surface area contributed by atoms with Crippen molar-refractivity contribution in [1.82, 2.24) is 10.2 Å². The molecule has 0 heterocycles. The van der Waals surface area contributed by atoms with Crippen molar-refractivity contribution < 1.29 is 9.53 Å². The van der Waals surface area contributed by atoms with Crippen LogP contribution < -0.4 is 11.1 Å². The highest BCUT2D eigenvalue weighted by Crippen LogP contribution is 2.11. The summed E-state index contributed by atoms with van der Waals surface area (Å²) in [6.45, 7) is 10.4. The molecule has 0 aliphatic rings. The van der Waals surface area contributed by atoms with Crippen LogP contribution in [-0.2, 0) is 11.3 Å². The molecule has 0 saturated carbocycles. The van der Waals surface area contributed by atoms with E-state index in [0.29, 0.717) is 26.2 Å². The zero-order chi connectivity index (χ0) is 16.6. The summed E-state index contributed by atoms with van der Waals surface area (Å²) in [6.07, 6.45) is 0.653. The first-order valence-corrected chi connectivity index (χ1v) is 7.85. The predicted octanol–water partition coefficient (Wildman–Crippen LogP) is 3.01. The molecule has 124 valence electrons. The van der Waals surface area contributed by atoms with Gasteiger partial charge in [-0.25, -0.2) is 4.79 Å². The van der Waals surface area contributed by atoms with Crippen LogP contribution in [0.1, 0.15) is 39.7 Å². The third kappa shape index (κ3) is 6.80. The molecule has 0 atom stereocenters. The van der Waals surface area contributed by atoms with Crippen LogP contribution in [0.5, 0.6) is 0 Å². The fourth-order valence-corrected chi connectivity index (χ4v) is 2.02. The Labute approximate surface area is 133 Å². The van der Waals surface area contributed by atoms with Crippen LogP contribution in [0, 0.1) is 0 Å². The number of para-hydroxylation sites is 1. The van der Waals surface area contributed by atoms with Gasteiger partial charge in [-0.3, -0.25) is 0 Å². The van der Waals surface area contributed by atoms with Crippen LogP contribution in [0.4, 0.5) is 10.5 Å². The summed E-state index contributed by atoms with van der Waals surface area (Å²) < 4.78 is 5.43. The number of hydrogen-bond acceptors (Lipinski definition) is 4. The van der Waals surface area contributed by atoms with Crippen LogP contribution in [-0.4, -0.2) is 36.2 Å². The standard InChI is InChI=1S/C17H29N3O2/c1-5-11-20(16(21)22-17(2,3)4)12-10-19-13-14-8-6-7-9-15(14)18/h6-9,19H,5,10-13,18H2,1-4H3. The summed E-state index contributed by atoms with van der Waals surface area (Å²) in [5.41, 5.74) is 7.30. The van der Waals surface area contributed by atoms with Crippen molar-refractivity contribution in [3.05, 3.63) is 29.8 Å². The lowest BCUT2D eigenvalue weighted by atomic mass is 10.2. The van der Waals surface area contributed by atoms with Gasteiger partial charge in [-0.05, 0) is 38.8 Å². The Morgan fingerprint density at radius 3 is 2.55 bits per heavy atom. The summed E-state index contributed by atoms with van der Waals surface area (Å²) in [6, 6.07) is 7.78. The molecule has 3 N–H and O–H groups in total. The van der Waals surface area contributed by atoms with E-state index in [1.54, 1.807) is 4.90 Å². The van der Waals surface area contributed by atoms with Crippen LogP contribution >= 0.6 is 0 Å². The molecular weight excluding hydrogens is 278 g/mol. The predicted molar refractivity (Wildman–Crippen MR) is 90.7 cm³/mol. The molecule has 0 aromatic heterocycles. The number of amides is 1. The van der Waals surface area contributed by atoms with Crippen LogP contribution in [0.15, 0.2) is 24.3 Å². The van der Waals surface area contributed by atoms with Crippen molar-refractivity contribution in [1.29, 1.82) is 0 Å². The highest BCUT2D eigenvalue weighted by atomic mass is 16.6. The van der Waals surface area contributed by atoms with Gasteiger partial charge in [0.15, 0.2) is 0 Å². The topological polar surface area (TPSA) is 67.6 Å². The Hall–Kier alpha value is -1.75. The van der Waals surface area contributed by atoms with Gasteiger partial charge in [0.05, 0.1) is 0 Å². The summed E-state index contributed by atoms with van der Waals surface area (Å²) in [5, 5.41) is 3.32. The van der Waals surface area contributed by atoms with Crippen molar-refractivity contribution >= 4 is 11.8 Å². The monoisotopic (exact) mass is 307 g/mol. The molecule has 0 unspecified atom stereocenters. The smallest absolute Gasteiger partial charge is 0.410 e. The number of nitrogen functional groups attached to an aromatic ring is 1. The molecule has 5 nitrogen and oxygen atoms in total. The average molecular weight is 307 g/mol. The molecule has 1 aromatic rings. The number of ether oxygens (including phenoxy) is 1. The Balaban J connectivity index is 2.41. The average Bonchev–Trinajstić information content (AvgIpc) is 2.42. The summed E-state index contributed by atoms with van der Waals surface area (Å²) in [7, 11) is 0. The second kappa shape index (κ2) is 8.63. The first-order valence-electron chi connectivity index (χ1n) is 7.85. The molecule has 0 spiro atoms. The second-order valence-corrected chi connectivity index (χ2v) is 6.34. The fourth-order valence-electron chi connectivity index (χ4n) is 2.02. The third-order valence-corrected chi connectivity index (χ3v) is 3.07. The zero-order valence-corrected chi connectivity index (χ0v) is 14.2. The Bertz CT molecular complexity index is 469. The highest BCUT2D eigenvalue weighted by Gasteiger charge is 2.21. The lowest BCUT2D eigenvalue weighted by Crippen LogP contribution is -2.40. The summed E-state index contributed by atoms with van der Waals surface area (Å²) in [4.78, 5) is 13.9. The normalized spacial score (nSPS) is 11.3. The minimum atomic E-state index is -0.463. The van der Waals surface area contributed by atoms with Crippen molar-refractivity contribution in [2.45, 2.75) is 46.3 Å². The van der Waals surface area contributed by atoms with E-state index in [9.17, 15) is 4.79 Å². The number of carbonyl (C=O) groups excluding carboxylic acids is 1. The van der Waals surface area contributed by atoms with Crippen LogP contribution in [0.3, 0.4) is 0 Å². The molecule has 1 amide bonds. The van der Waals surface area contributed by atoms with Crippen LogP contribution in [0.2, 0.25) is 0 Å². The van der Waals surface area contributed by atoms with Crippen molar-refractivity contribution in [3.63, 3.8) is 0 Å². The van der Waals surface area contributed by atoms with Gasteiger partial charge in [-0.2, -0.15) is 0 Å². The lowest BCUT2D eigenvalue weighted by molar-refractivity contribution is 0.0252. The maximum Gasteiger partial charge on any atom is 0.410 e. The largest absolute Gasteiger partial charge is 0.444 e. The van der Waals surface area contributed by atoms with Gasteiger partial charge >= 0.3 is 6.09 Å². The molecule has 0 aliphatic heterocycles. The first-order chi connectivity index (χ1) is 10.3. The molecule has 0 fully saturated rings. The summed E-state index contributed by atoms with van der Waals surface area (Å²) in [5.74, 6) is 0. The van der Waals surface area contributed by atoms with Gasteiger partial charge in [-0.1, -0.05) is 25.1 Å². The van der Waals surface area contributed by atoms with E-state index in [2.05, 4.69) is 12.2 Å². The molecular formula is C17H29N3O2. The molecule has 22 heavy (non-hydrogen) atoms. The van der Waals surface area contributed by atoms with Gasteiger partial charge in [-0.15, -0.1) is 0 Å². The van der Waals surface area contributed by atoms with Crippen molar-refractivity contribution in [2.75, 3.05) is 25.4 Å². The van der Waals surface area contributed by atoms with E-state index in [-0.39, 0.29) is 6.09 Å². The van der Waals surface area contributed by atoms with E-state index >= 15 is 0 Å². The Kier molecular flexibility index (Phi) is 7.18. The molecule has 0 aliphatic carbocycles. The number of anilines is 1. The summed E-state index contributed by atoms with van der Waals surface area (Å²) >= 11 is 0. The maximum atomic E-state index is 12.1. The number of benzene rings is 1. The molecule has 5 heteroatoms. The molecule has 1 aromatic carbocycles. The number of rotatable bonds is 7. The maximum absolute atomic E-state index is 12.1. The van der Waals surface area contributed by atoms with Gasteiger partial charge in [0.2, 0.25) is 0 Å². The quantitative estimate of drug-likeness (QED) is 0.600. The van der Waals surface area contributed by atoms with Gasteiger partial charge in [0, 0.05) is 31.9 Å². The molecule has 1 rings (SSSR count). The van der Waals surface area contributed by atoms with E-state index in [1.807, 2.05) is 45.0 Å². The van der Waals surface area contributed by atoms with E-state index in [0.717, 1.165) is 17.7 Å². The zero-order valence-electron chi connectivity index (χ0n) is 14.2. The van der Waals surface area contributed by atoms with E-state index in [4.69, 9.17) is 10.5 Å². The lowest BCUT2D eigenvalue weighted by Gasteiger charge is -2.27. The van der Waals surface area contributed by atoms with Crippen LogP contribution in [0.25, 0.3) is 0 Å². The number of hydrogen-bond donors (Lipinski definition) is 2. The fraction of sp³-hybridized carbons (Fsp3) is 0.588. The minimum Gasteiger partial charge on any atom is -0.444 e. The van der Waals surface area contributed by atoms with Crippen molar-refractivity contribution in [2.24, 2.45) is 0 Å². The SMILES string of the molecule is CCCN(CCNCc1ccccc1N)C(=O)OC(C)(C)C. The van der Waals surface area contributed by atoms with Gasteiger partial charge in [0.25, 0.3) is 0 Å². The number of nitrogens with one attached hydrogen (secondary N) is 1. The van der Waals surface area contributed by atoms with E-state index in [1.165, 1.54) is 0 Å². The second-order valence-electron chi connectivity index (χ2n) is 6.34. The number of nitrogens with zero attached hydrogens (tertiary/aromatic N) is 1. The van der Waals surface area contributed by atoms with Gasteiger partial charge in [0.1, 0.15) is 5.60 Å². The third-order valence-electron chi connectivity index (χ3n) is 3.07. The highest BCUT2D eigenvalue weighted by molar-refractivity contribution is 5.68. The molecule has 0 radical (unpaired) electrons. The first kappa shape index (κ1) is 18.3. The molecule has 0 bridgehead atoms. The van der Waals surface area contributed by atoms with E-state index < -0.39 is 5.60 Å². The van der Waals surface area contributed by atoms with Crippen molar-refractivity contribution in [3.8, 4) is 0 Å². The Morgan fingerprint density at radius 2 is 1.95 bits per heavy atom. The number of nitrogens with two attached hydrogens (primary N) is 1.